The number of rotatable bonds is 5. The number of piperidine rings is 1. The zero-order valence-electron chi connectivity index (χ0n) is 15.8. The molecule has 2 N–H and O–H groups in total. The van der Waals surface area contributed by atoms with E-state index in [9.17, 15) is 4.79 Å². The molecule has 0 aromatic heterocycles. The minimum absolute atomic E-state index is 0.0766. The molecule has 2 aliphatic rings. The van der Waals surface area contributed by atoms with Gasteiger partial charge in [-0.15, -0.1) is 0 Å². The normalized spacial score (nSPS) is 26.0. The number of nitrogens with one attached hydrogen (secondary N) is 2. The lowest BCUT2D eigenvalue weighted by Gasteiger charge is -2.33. The lowest BCUT2D eigenvalue weighted by molar-refractivity contribution is -0.133. The Labute approximate surface area is 147 Å². The number of carbonyl (C=O) groups is 1. The highest BCUT2D eigenvalue weighted by Gasteiger charge is 2.28. The number of hydrogen-bond donors (Lipinski definition) is 2. The van der Waals surface area contributed by atoms with Crippen molar-refractivity contribution in [3.63, 3.8) is 0 Å². The summed E-state index contributed by atoms with van der Waals surface area (Å²) in [7, 11) is 1.81. The van der Waals surface area contributed by atoms with Crippen LogP contribution in [0.3, 0.4) is 0 Å². The van der Waals surface area contributed by atoms with Gasteiger partial charge in [0.25, 0.3) is 0 Å². The fourth-order valence-electron chi connectivity index (χ4n) is 3.64. The van der Waals surface area contributed by atoms with E-state index in [1.165, 1.54) is 25.8 Å². The van der Waals surface area contributed by atoms with E-state index < -0.39 is 0 Å². The Balaban J connectivity index is 1.70. The molecule has 2 saturated heterocycles. The molecule has 0 aliphatic carbocycles. The highest BCUT2D eigenvalue weighted by Crippen LogP contribution is 2.15. The number of carbonyl (C=O) groups excluding carboxylic acids is 1. The maximum atomic E-state index is 12.1. The molecule has 2 fully saturated rings. The topological polar surface area (TPSA) is 60.0 Å². The Hall–Kier alpha value is -1.30. The molecule has 0 aromatic rings. The first kappa shape index (κ1) is 19.0. The van der Waals surface area contributed by atoms with Crippen molar-refractivity contribution >= 4 is 11.9 Å². The van der Waals surface area contributed by atoms with Gasteiger partial charge in [-0.1, -0.05) is 20.3 Å². The molecule has 0 aromatic carbocycles. The average Bonchev–Trinajstić information content (AvgIpc) is 3.03. The second-order valence-corrected chi connectivity index (χ2v) is 7.45. The lowest BCUT2D eigenvalue weighted by Crippen LogP contribution is -2.48. The fourth-order valence-corrected chi connectivity index (χ4v) is 3.64. The van der Waals surface area contributed by atoms with E-state index in [0.717, 1.165) is 38.6 Å². The predicted molar refractivity (Wildman–Crippen MR) is 99.2 cm³/mol. The third-order valence-electron chi connectivity index (χ3n) is 5.19. The zero-order chi connectivity index (χ0) is 17.5. The lowest BCUT2D eigenvalue weighted by atomic mass is 10.0. The van der Waals surface area contributed by atoms with Gasteiger partial charge in [0.05, 0.1) is 0 Å². The summed E-state index contributed by atoms with van der Waals surface area (Å²) in [5, 5.41) is 6.89. The number of nitrogens with zero attached hydrogens (tertiary/aromatic N) is 3. The summed E-state index contributed by atoms with van der Waals surface area (Å²) in [6.07, 6.45) is 4.98. The molecule has 0 spiro atoms. The molecule has 0 saturated carbocycles. The van der Waals surface area contributed by atoms with Crippen molar-refractivity contribution in [1.82, 2.24) is 20.4 Å². The zero-order valence-corrected chi connectivity index (χ0v) is 15.8. The van der Waals surface area contributed by atoms with Gasteiger partial charge >= 0.3 is 0 Å². The van der Waals surface area contributed by atoms with E-state index >= 15 is 0 Å². The number of amides is 1. The molecule has 6 heteroatoms. The monoisotopic (exact) mass is 337 g/mol. The summed E-state index contributed by atoms with van der Waals surface area (Å²) in [5.74, 6) is 1.18. The molecule has 24 heavy (non-hydrogen) atoms. The van der Waals surface area contributed by atoms with Gasteiger partial charge in [0.15, 0.2) is 5.96 Å². The quantitative estimate of drug-likeness (QED) is 0.586. The molecule has 0 bridgehead atoms. The molecule has 0 radical (unpaired) electrons. The summed E-state index contributed by atoms with van der Waals surface area (Å²) in [6, 6.07) is 0.994. The van der Waals surface area contributed by atoms with Crippen molar-refractivity contribution in [1.29, 1.82) is 0 Å². The van der Waals surface area contributed by atoms with Crippen LogP contribution in [0.1, 0.15) is 46.5 Å². The summed E-state index contributed by atoms with van der Waals surface area (Å²) < 4.78 is 0. The van der Waals surface area contributed by atoms with Crippen LogP contribution in [0.25, 0.3) is 0 Å². The predicted octanol–water partition coefficient (Wildman–Crippen LogP) is 1.28. The summed E-state index contributed by atoms with van der Waals surface area (Å²) in [5.41, 5.74) is 0. The van der Waals surface area contributed by atoms with Gasteiger partial charge in [0, 0.05) is 51.2 Å². The van der Waals surface area contributed by atoms with Crippen molar-refractivity contribution in [2.75, 3.05) is 39.8 Å². The molecule has 138 valence electrons. The summed E-state index contributed by atoms with van der Waals surface area (Å²) >= 11 is 0. The van der Waals surface area contributed by atoms with Crippen molar-refractivity contribution in [3.05, 3.63) is 0 Å². The van der Waals surface area contributed by atoms with Crippen molar-refractivity contribution < 1.29 is 4.79 Å². The smallest absolute Gasteiger partial charge is 0.225 e. The summed E-state index contributed by atoms with van der Waals surface area (Å²) in [4.78, 5) is 20.9. The fraction of sp³-hybridized carbons (Fsp3) is 0.889. The molecule has 2 unspecified atom stereocenters. The average molecular weight is 338 g/mol. The standard InChI is InChI=1S/C18H35N5O/c1-14(2)17(24)23-11-8-16(13-23)21-18(19-4)20-9-12-22-10-6-5-7-15(22)3/h14-16H,5-13H2,1-4H3,(H2,19,20,21). The molecular weight excluding hydrogens is 302 g/mol. The highest BCUT2D eigenvalue weighted by atomic mass is 16.2. The Morgan fingerprint density at radius 2 is 2.04 bits per heavy atom. The van der Waals surface area contributed by atoms with Crippen molar-refractivity contribution in [3.8, 4) is 0 Å². The van der Waals surface area contributed by atoms with Crippen LogP contribution < -0.4 is 10.6 Å². The third kappa shape index (κ3) is 5.36. The van der Waals surface area contributed by atoms with Gasteiger partial charge in [-0.2, -0.15) is 0 Å². The van der Waals surface area contributed by atoms with Gasteiger partial charge in [-0.05, 0) is 32.7 Å². The van der Waals surface area contributed by atoms with Crippen LogP contribution in [0.4, 0.5) is 0 Å². The van der Waals surface area contributed by atoms with Crippen LogP contribution in [-0.4, -0.2) is 73.5 Å². The maximum Gasteiger partial charge on any atom is 0.225 e. The number of likely N-dealkylation sites (tertiary alicyclic amines) is 2. The Kier molecular flexibility index (Phi) is 7.34. The van der Waals surface area contributed by atoms with Crippen LogP contribution in [0.2, 0.25) is 0 Å². The first-order valence-electron chi connectivity index (χ1n) is 9.51. The van der Waals surface area contributed by atoms with E-state index in [4.69, 9.17) is 0 Å². The second kappa shape index (κ2) is 9.25. The van der Waals surface area contributed by atoms with Gasteiger partial charge in [-0.3, -0.25) is 14.7 Å². The van der Waals surface area contributed by atoms with E-state index in [0.29, 0.717) is 12.1 Å². The first-order chi connectivity index (χ1) is 11.5. The van der Waals surface area contributed by atoms with Crippen LogP contribution in [0.5, 0.6) is 0 Å². The molecular formula is C18H35N5O. The Morgan fingerprint density at radius 3 is 2.71 bits per heavy atom. The molecule has 2 rings (SSSR count). The van der Waals surface area contributed by atoms with E-state index in [-0.39, 0.29) is 11.8 Å². The van der Waals surface area contributed by atoms with E-state index in [1.54, 1.807) is 0 Å². The Bertz CT molecular complexity index is 437. The van der Waals surface area contributed by atoms with Crippen LogP contribution in [-0.2, 0) is 4.79 Å². The molecule has 2 aliphatic heterocycles. The van der Waals surface area contributed by atoms with Crippen molar-refractivity contribution in [2.24, 2.45) is 10.9 Å². The van der Waals surface area contributed by atoms with Gasteiger partial charge in [-0.25, -0.2) is 0 Å². The van der Waals surface area contributed by atoms with Crippen molar-refractivity contribution in [2.45, 2.75) is 58.5 Å². The minimum Gasteiger partial charge on any atom is -0.355 e. The third-order valence-corrected chi connectivity index (χ3v) is 5.19. The van der Waals surface area contributed by atoms with Gasteiger partial charge in [0.1, 0.15) is 0 Å². The van der Waals surface area contributed by atoms with E-state index in [2.05, 4.69) is 27.4 Å². The first-order valence-corrected chi connectivity index (χ1v) is 9.51. The van der Waals surface area contributed by atoms with Crippen LogP contribution in [0.15, 0.2) is 4.99 Å². The SMILES string of the molecule is CN=C(NCCN1CCCCC1C)NC1CCN(C(=O)C(C)C)C1. The summed E-state index contributed by atoms with van der Waals surface area (Å²) in [6.45, 7) is 11.1. The van der Waals surface area contributed by atoms with E-state index in [1.807, 2.05) is 25.8 Å². The number of guanidine groups is 1. The second-order valence-electron chi connectivity index (χ2n) is 7.45. The molecule has 6 nitrogen and oxygen atoms in total. The van der Waals surface area contributed by atoms with Crippen LogP contribution in [0, 0.1) is 5.92 Å². The molecule has 2 heterocycles. The number of hydrogen-bond acceptors (Lipinski definition) is 3. The minimum atomic E-state index is 0.0766. The van der Waals surface area contributed by atoms with Gasteiger partial charge < -0.3 is 15.5 Å². The number of aliphatic imine (C=N–C) groups is 1. The maximum absolute atomic E-state index is 12.1. The molecule has 2 atom stereocenters. The van der Waals surface area contributed by atoms with Gasteiger partial charge in [0.2, 0.25) is 5.91 Å². The highest BCUT2D eigenvalue weighted by molar-refractivity contribution is 5.81. The Morgan fingerprint density at radius 1 is 1.25 bits per heavy atom. The molecule has 1 amide bonds. The van der Waals surface area contributed by atoms with Crippen LogP contribution >= 0.6 is 0 Å². The largest absolute Gasteiger partial charge is 0.355 e.